The third-order valence-electron chi connectivity index (χ3n) is 3.59. The first-order valence-electron chi connectivity index (χ1n) is 7.71. The number of halogens is 1. The van der Waals surface area contributed by atoms with Crippen LogP contribution in [-0.4, -0.2) is 43.2 Å². The highest BCUT2D eigenvalue weighted by atomic mass is 35.5. The van der Waals surface area contributed by atoms with E-state index in [-0.39, 0.29) is 12.4 Å². The standard InChI is InChI=1S/C14H33NO3Si.ClH/c1-5-6-7-8-9-10-12-15-13-11-14-19(16-2,17-3)18-4;/h15H,5-14H2,1-4H3;1H. The molecule has 0 saturated carbocycles. The van der Waals surface area contributed by atoms with Gasteiger partial charge in [0, 0.05) is 33.8 Å². The minimum absolute atomic E-state index is 0. The van der Waals surface area contributed by atoms with Crippen molar-refractivity contribution in [1.82, 2.24) is 0 Å². The van der Waals surface area contributed by atoms with E-state index >= 15 is 0 Å². The molecule has 0 saturated heterocycles. The fraction of sp³-hybridized carbons (Fsp3) is 1.00. The zero-order valence-corrected chi connectivity index (χ0v) is 15.5. The summed E-state index contributed by atoms with van der Waals surface area (Å²) in [6.07, 6.45) is 9.33. The molecule has 0 spiro atoms. The lowest BCUT2D eigenvalue weighted by atomic mass is 10.1. The molecule has 2 N–H and O–H groups in total. The molecule has 6 heteroatoms. The third-order valence-corrected chi connectivity index (χ3v) is 6.42. The molecule has 0 radical (unpaired) electrons. The van der Waals surface area contributed by atoms with E-state index in [1.54, 1.807) is 21.3 Å². The summed E-state index contributed by atoms with van der Waals surface area (Å²) in [5, 5.41) is 2.40. The lowest BCUT2D eigenvalue weighted by molar-refractivity contribution is -0.655. The van der Waals surface area contributed by atoms with E-state index in [9.17, 15) is 0 Å². The predicted octanol–water partition coefficient (Wildman–Crippen LogP) is -0.817. The van der Waals surface area contributed by atoms with Gasteiger partial charge in [0.2, 0.25) is 0 Å². The summed E-state index contributed by atoms with van der Waals surface area (Å²) in [6, 6.07) is 0.906. The first kappa shape index (κ1) is 22.6. The molecule has 124 valence electrons. The van der Waals surface area contributed by atoms with Gasteiger partial charge in [0.15, 0.2) is 0 Å². The van der Waals surface area contributed by atoms with Crippen LogP contribution in [-0.2, 0) is 13.3 Å². The Morgan fingerprint density at radius 3 is 1.80 bits per heavy atom. The summed E-state index contributed by atoms with van der Waals surface area (Å²) in [4.78, 5) is 0. The highest BCUT2D eigenvalue weighted by Crippen LogP contribution is 2.13. The van der Waals surface area contributed by atoms with Crippen LogP contribution < -0.4 is 17.7 Å². The molecule has 0 aliphatic carbocycles. The van der Waals surface area contributed by atoms with Crippen LogP contribution in [0.5, 0.6) is 0 Å². The monoisotopic (exact) mass is 327 g/mol. The molecule has 0 aromatic carbocycles. The Balaban J connectivity index is 0. The Bertz CT molecular complexity index is 187. The summed E-state index contributed by atoms with van der Waals surface area (Å²) in [5.74, 6) is 0. The van der Waals surface area contributed by atoms with Gasteiger partial charge in [-0.1, -0.05) is 32.6 Å². The first-order valence-corrected chi connectivity index (χ1v) is 9.65. The van der Waals surface area contributed by atoms with E-state index in [4.69, 9.17) is 13.3 Å². The molecule has 0 fully saturated rings. The van der Waals surface area contributed by atoms with Crippen LogP contribution in [0.1, 0.15) is 51.9 Å². The van der Waals surface area contributed by atoms with Gasteiger partial charge in [0.1, 0.15) is 0 Å². The minimum atomic E-state index is -2.33. The molecular formula is C14H34ClNO3Si. The number of quaternary nitrogens is 1. The molecule has 0 aliphatic heterocycles. The third kappa shape index (κ3) is 11.1. The second-order valence-electron chi connectivity index (χ2n) is 5.03. The highest BCUT2D eigenvalue weighted by Gasteiger charge is 2.36. The van der Waals surface area contributed by atoms with Crippen molar-refractivity contribution < 1.29 is 31.0 Å². The summed E-state index contributed by atoms with van der Waals surface area (Å²) >= 11 is 0. The van der Waals surface area contributed by atoms with Crippen LogP contribution in [0.25, 0.3) is 0 Å². The number of rotatable bonds is 14. The van der Waals surface area contributed by atoms with Crippen molar-refractivity contribution in [3.8, 4) is 0 Å². The van der Waals surface area contributed by atoms with Gasteiger partial charge in [-0.2, -0.15) is 0 Å². The zero-order chi connectivity index (χ0) is 14.4. The second kappa shape index (κ2) is 15.7. The van der Waals surface area contributed by atoms with Gasteiger partial charge in [0.05, 0.1) is 13.1 Å². The molecular weight excluding hydrogens is 294 g/mol. The molecule has 0 unspecified atom stereocenters. The van der Waals surface area contributed by atoms with Crippen LogP contribution in [0.3, 0.4) is 0 Å². The molecule has 20 heavy (non-hydrogen) atoms. The molecule has 0 heterocycles. The number of hydrogen-bond acceptors (Lipinski definition) is 3. The molecule has 0 aliphatic rings. The number of unbranched alkanes of at least 4 members (excludes halogenated alkanes) is 5. The van der Waals surface area contributed by atoms with Gasteiger partial charge in [-0.25, -0.2) is 0 Å². The zero-order valence-electron chi connectivity index (χ0n) is 13.8. The topological polar surface area (TPSA) is 44.3 Å². The van der Waals surface area contributed by atoms with Gasteiger partial charge in [-0.3, -0.25) is 0 Å². The maximum Gasteiger partial charge on any atom is 0.500 e. The van der Waals surface area contributed by atoms with Crippen molar-refractivity contribution in [2.45, 2.75) is 57.9 Å². The Labute approximate surface area is 132 Å². The van der Waals surface area contributed by atoms with Crippen LogP contribution >= 0.6 is 0 Å². The van der Waals surface area contributed by atoms with E-state index in [1.165, 1.54) is 45.1 Å². The maximum absolute atomic E-state index is 5.40. The van der Waals surface area contributed by atoms with Crippen molar-refractivity contribution in [3.63, 3.8) is 0 Å². The second-order valence-corrected chi connectivity index (χ2v) is 8.12. The Morgan fingerprint density at radius 2 is 1.25 bits per heavy atom. The summed E-state index contributed by atoms with van der Waals surface area (Å²) in [5.41, 5.74) is 0. The number of nitrogens with two attached hydrogens (primary N) is 1. The lowest BCUT2D eigenvalue weighted by Crippen LogP contribution is -3.00. The van der Waals surface area contributed by atoms with Gasteiger partial charge in [-0.15, -0.1) is 0 Å². The Kier molecular flexibility index (Phi) is 17.8. The van der Waals surface area contributed by atoms with E-state index in [1.807, 2.05) is 0 Å². The SMILES string of the molecule is CCCCCCCC[NH2+]CCC[Si](OC)(OC)OC.[Cl-]. The van der Waals surface area contributed by atoms with Gasteiger partial charge in [-0.05, 0) is 12.8 Å². The number of hydrogen-bond donors (Lipinski definition) is 1. The van der Waals surface area contributed by atoms with E-state index in [2.05, 4.69) is 12.2 Å². The predicted molar refractivity (Wildman–Crippen MR) is 81.2 cm³/mol. The highest BCUT2D eigenvalue weighted by molar-refractivity contribution is 6.60. The smallest absolute Gasteiger partial charge is 0.500 e. The quantitative estimate of drug-likeness (QED) is 0.335. The molecule has 0 bridgehead atoms. The molecule has 0 aromatic heterocycles. The van der Waals surface area contributed by atoms with Crippen molar-refractivity contribution in [3.05, 3.63) is 0 Å². The fourth-order valence-corrected chi connectivity index (χ4v) is 3.98. The van der Waals surface area contributed by atoms with Gasteiger partial charge >= 0.3 is 8.80 Å². The lowest BCUT2D eigenvalue weighted by Gasteiger charge is -2.23. The Hall–Kier alpha value is 0.347. The minimum Gasteiger partial charge on any atom is -1.00 e. The van der Waals surface area contributed by atoms with Crippen LogP contribution in [0.15, 0.2) is 0 Å². The molecule has 0 atom stereocenters. The molecule has 0 amide bonds. The first-order chi connectivity index (χ1) is 9.24. The average Bonchev–Trinajstić information content (AvgIpc) is 2.46. The summed E-state index contributed by atoms with van der Waals surface area (Å²) < 4.78 is 16.2. The molecule has 4 nitrogen and oxygen atoms in total. The van der Waals surface area contributed by atoms with Crippen LogP contribution in [0, 0.1) is 0 Å². The van der Waals surface area contributed by atoms with E-state index in [0.717, 1.165) is 19.0 Å². The van der Waals surface area contributed by atoms with Crippen molar-refractivity contribution in [2.24, 2.45) is 0 Å². The Morgan fingerprint density at radius 1 is 0.750 bits per heavy atom. The molecule has 0 rings (SSSR count). The average molecular weight is 328 g/mol. The van der Waals surface area contributed by atoms with Crippen LogP contribution in [0.2, 0.25) is 6.04 Å². The van der Waals surface area contributed by atoms with E-state index < -0.39 is 8.80 Å². The summed E-state index contributed by atoms with van der Waals surface area (Å²) in [6.45, 7) is 4.64. The van der Waals surface area contributed by atoms with Gasteiger partial charge < -0.3 is 31.0 Å². The van der Waals surface area contributed by atoms with Gasteiger partial charge in [0.25, 0.3) is 0 Å². The maximum atomic E-state index is 5.40. The largest absolute Gasteiger partial charge is 1.00 e. The van der Waals surface area contributed by atoms with E-state index in [0.29, 0.717) is 0 Å². The van der Waals surface area contributed by atoms with Crippen molar-refractivity contribution >= 4 is 8.80 Å². The van der Waals surface area contributed by atoms with Crippen molar-refractivity contribution in [2.75, 3.05) is 34.4 Å². The fourth-order valence-electron chi connectivity index (χ4n) is 2.23. The normalized spacial score (nSPS) is 11.4. The van der Waals surface area contributed by atoms with Crippen LogP contribution in [0.4, 0.5) is 0 Å². The van der Waals surface area contributed by atoms with Crippen molar-refractivity contribution in [1.29, 1.82) is 0 Å². The molecule has 0 aromatic rings. The summed E-state index contributed by atoms with van der Waals surface area (Å²) in [7, 11) is 2.71.